The Balaban J connectivity index is 1.88. The highest BCUT2D eigenvalue weighted by molar-refractivity contribution is 6.48. The lowest BCUT2D eigenvalue weighted by Crippen LogP contribution is -2.26. The van der Waals surface area contributed by atoms with Crippen molar-refractivity contribution in [2.24, 2.45) is 0 Å². The number of Topliss-reactive ketones (excluding diaryl/α,β-unsaturated/α-hetero) is 1. The van der Waals surface area contributed by atoms with Crippen molar-refractivity contribution in [3.8, 4) is 5.75 Å². The first-order chi connectivity index (χ1) is 16.6. The van der Waals surface area contributed by atoms with Crippen LogP contribution in [0.4, 0.5) is 18.9 Å². The van der Waals surface area contributed by atoms with Gasteiger partial charge in [0.25, 0.3) is 11.7 Å². The van der Waals surface area contributed by atoms with E-state index in [1.54, 1.807) is 24.3 Å². The maximum atomic E-state index is 14.4. The second-order valence-corrected chi connectivity index (χ2v) is 8.48. The van der Waals surface area contributed by atoms with Gasteiger partial charge in [-0.1, -0.05) is 35.3 Å². The van der Waals surface area contributed by atoms with Crippen molar-refractivity contribution < 1.29 is 27.5 Å². The molecule has 0 unspecified atom stereocenters. The van der Waals surface area contributed by atoms with Crippen LogP contribution >= 0.6 is 23.2 Å². The van der Waals surface area contributed by atoms with Gasteiger partial charge in [-0.05, 0) is 60.2 Å². The van der Waals surface area contributed by atoms with E-state index in [4.69, 9.17) is 27.9 Å². The number of ether oxygens (including phenoxy) is 1. The highest BCUT2D eigenvalue weighted by Crippen LogP contribution is 2.40. The summed E-state index contributed by atoms with van der Waals surface area (Å²) < 4.78 is 49.4. The van der Waals surface area contributed by atoms with Gasteiger partial charge in [0.2, 0.25) is 0 Å². The molecule has 1 aromatic heterocycles. The number of carbonyl (C=O) groups excluding carboxylic acids is 2. The smallest absolute Gasteiger partial charge is 0.432 e. The van der Waals surface area contributed by atoms with Gasteiger partial charge in [0.15, 0.2) is 0 Å². The number of nitrogens with one attached hydrogen (secondary N) is 1. The van der Waals surface area contributed by atoms with E-state index >= 15 is 0 Å². The maximum absolute atomic E-state index is 14.4. The second-order valence-electron chi connectivity index (χ2n) is 7.61. The minimum Gasteiger partial charge on any atom is -0.497 e. The zero-order chi connectivity index (χ0) is 25.3. The number of halogens is 5. The van der Waals surface area contributed by atoms with Crippen LogP contribution in [0.15, 0.2) is 66.7 Å². The van der Waals surface area contributed by atoms with Crippen LogP contribution in [0.1, 0.15) is 21.6 Å². The molecule has 0 aliphatic heterocycles. The first kappa shape index (κ1) is 24.6. The van der Waals surface area contributed by atoms with E-state index in [2.05, 4.69) is 5.32 Å². The van der Waals surface area contributed by atoms with Crippen LogP contribution < -0.4 is 10.1 Å². The van der Waals surface area contributed by atoms with Crippen LogP contribution in [0.25, 0.3) is 10.9 Å². The summed E-state index contributed by atoms with van der Waals surface area (Å²) in [6.07, 6.45) is -4.94. The highest BCUT2D eigenvalue weighted by Gasteiger charge is 2.42. The molecule has 0 radical (unpaired) electrons. The highest BCUT2D eigenvalue weighted by atomic mass is 35.5. The first-order valence-electron chi connectivity index (χ1n) is 10.2. The summed E-state index contributed by atoms with van der Waals surface area (Å²) >= 11 is 11.7. The predicted octanol–water partition coefficient (Wildman–Crippen LogP) is 6.85. The fourth-order valence-corrected chi connectivity index (χ4v) is 4.01. The van der Waals surface area contributed by atoms with Crippen molar-refractivity contribution in [3.63, 3.8) is 0 Å². The number of hydrogen-bond acceptors (Lipinski definition) is 3. The lowest BCUT2D eigenvalue weighted by molar-refractivity contribution is -0.143. The van der Waals surface area contributed by atoms with E-state index in [0.717, 1.165) is 4.57 Å². The lowest BCUT2D eigenvalue weighted by atomic mass is 10.0. The molecule has 0 bridgehead atoms. The van der Waals surface area contributed by atoms with E-state index < -0.39 is 29.1 Å². The van der Waals surface area contributed by atoms with Crippen molar-refractivity contribution in [1.82, 2.24) is 4.57 Å². The molecule has 4 rings (SSSR count). The molecule has 0 saturated heterocycles. The summed E-state index contributed by atoms with van der Waals surface area (Å²) in [4.78, 5) is 26.0. The molecule has 1 amide bonds. The Bertz CT molecular complexity index is 1410. The molecule has 1 N–H and O–H groups in total. The first-order valence-corrected chi connectivity index (χ1v) is 11.0. The molecule has 3 aromatic carbocycles. The van der Waals surface area contributed by atoms with Gasteiger partial charge >= 0.3 is 6.18 Å². The average Bonchev–Trinajstić information content (AvgIpc) is 3.15. The van der Waals surface area contributed by atoms with E-state index in [1.807, 2.05) is 0 Å². The Morgan fingerprint density at radius 3 is 2.11 bits per heavy atom. The van der Waals surface area contributed by atoms with Crippen LogP contribution in [-0.2, 0) is 17.5 Å². The van der Waals surface area contributed by atoms with Crippen molar-refractivity contribution in [3.05, 3.63) is 93.6 Å². The molecule has 5 nitrogen and oxygen atoms in total. The molecule has 180 valence electrons. The molecule has 0 spiro atoms. The third-order valence-electron chi connectivity index (χ3n) is 5.33. The van der Waals surface area contributed by atoms with Gasteiger partial charge in [-0.15, -0.1) is 0 Å². The summed E-state index contributed by atoms with van der Waals surface area (Å²) in [5, 5.41) is 3.11. The minimum absolute atomic E-state index is 0.0538. The largest absolute Gasteiger partial charge is 0.497 e. The second kappa shape index (κ2) is 9.64. The number of amides is 1. The summed E-state index contributed by atoms with van der Waals surface area (Å²) in [7, 11) is 1.35. The van der Waals surface area contributed by atoms with Crippen molar-refractivity contribution in [2.45, 2.75) is 12.7 Å². The van der Waals surface area contributed by atoms with Crippen molar-refractivity contribution in [1.29, 1.82) is 0 Å². The number of rotatable bonds is 6. The third-order valence-corrected chi connectivity index (χ3v) is 5.83. The number of ketones is 1. The number of aromatic nitrogens is 1. The third kappa shape index (κ3) is 5.13. The summed E-state index contributed by atoms with van der Waals surface area (Å²) in [5.41, 5.74) is -1.13. The van der Waals surface area contributed by atoms with E-state index in [0.29, 0.717) is 15.6 Å². The van der Waals surface area contributed by atoms with Crippen molar-refractivity contribution in [2.75, 3.05) is 12.4 Å². The molecule has 1 heterocycles. The fraction of sp³-hybridized carbons (Fsp3) is 0.120. The van der Waals surface area contributed by atoms with Gasteiger partial charge in [-0.2, -0.15) is 13.2 Å². The molecule has 4 aromatic rings. The van der Waals surface area contributed by atoms with Gasteiger partial charge in [-0.3, -0.25) is 9.59 Å². The van der Waals surface area contributed by atoms with Crippen molar-refractivity contribution >= 4 is 51.5 Å². The average molecular weight is 521 g/mol. The number of carbonyl (C=O) groups is 2. The molecule has 0 saturated carbocycles. The molecule has 10 heteroatoms. The monoisotopic (exact) mass is 520 g/mol. The topological polar surface area (TPSA) is 60.3 Å². The zero-order valence-electron chi connectivity index (χ0n) is 18.1. The lowest BCUT2D eigenvalue weighted by Gasteiger charge is -2.15. The number of anilines is 1. The molecular formula is C25H17Cl2F3N2O3. The Labute approximate surface area is 208 Å². The number of alkyl halides is 3. The Hall–Kier alpha value is -3.49. The molecular weight excluding hydrogens is 504 g/mol. The van der Waals surface area contributed by atoms with Crippen LogP contribution in [0.3, 0.4) is 0 Å². The Morgan fingerprint density at radius 1 is 0.943 bits per heavy atom. The number of benzene rings is 3. The number of nitrogens with zero attached hydrogens (tertiary/aromatic N) is 1. The van der Waals surface area contributed by atoms with E-state index in [9.17, 15) is 22.8 Å². The molecule has 0 aliphatic carbocycles. The SMILES string of the molecule is COc1ccc2c(c1)c(C(=O)C(=O)Nc1ccc(Cl)cc1)c(C(F)(F)F)n2Cc1ccc(Cl)cc1. The number of fused-ring (bicyclic) bond motifs is 1. The van der Waals surface area contributed by atoms with E-state index in [1.165, 1.54) is 49.6 Å². The fourth-order valence-electron chi connectivity index (χ4n) is 3.76. The van der Waals surface area contributed by atoms with Crippen LogP contribution in [0.2, 0.25) is 10.0 Å². The van der Waals surface area contributed by atoms with Gasteiger partial charge in [0.1, 0.15) is 11.4 Å². The predicted molar refractivity (Wildman–Crippen MR) is 128 cm³/mol. The van der Waals surface area contributed by atoms with E-state index in [-0.39, 0.29) is 28.9 Å². The normalized spacial score (nSPS) is 11.5. The number of methoxy groups -OCH3 is 1. The van der Waals surface area contributed by atoms with Crippen LogP contribution in [0, 0.1) is 0 Å². The molecule has 35 heavy (non-hydrogen) atoms. The van der Waals surface area contributed by atoms with Gasteiger partial charge < -0.3 is 14.6 Å². The van der Waals surface area contributed by atoms with Gasteiger partial charge in [-0.25, -0.2) is 0 Å². The molecule has 0 aliphatic rings. The maximum Gasteiger partial charge on any atom is 0.432 e. The Kier molecular flexibility index (Phi) is 6.78. The Morgan fingerprint density at radius 2 is 1.54 bits per heavy atom. The van der Waals surface area contributed by atoms with Crippen LogP contribution in [0.5, 0.6) is 5.75 Å². The van der Waals surface area contributed by atoms with Gasteiger partial charge in [0, 0.05) is 33.2 Å². The standard InChI is InChI=1S/C25H17Cl2F3N2O3/c1-35-18-10-11-20-19(12-18)21(22(33)24(34)31-17-8-6-16(27)7-9-17)23(25(28,29)30)32(20)13-14-2-4-15(26)5-3-14/h2-12H,13H2,1H3,(H,31,34). The molecule has 0 atom stereocenters. The summed E-state index contributed by atoms with van der Waals surface area (Å²) in [6, 6.07) is 16.4. The zero-order valence-corrected chi connectivity index (χ0v) is 19.6. The van der Waals surface area contributed by atoms with Gasteiger partial charge in [0.05, 0.1) is 12.7 Å². The molecule has 0 fully saturated rings. The minimum atomic E-state index is -4.94. The van der Waals surface area contributed by atoms with Crippen LogP contribution in [-0.4, -0.2) is 23.4 Å². The summed E-state index contributed by atoms with van der Waals surface area (Å²) in [6.45, 7) is -0.207. The number of hydrogen-bond donors (Lipinski definition) is 1. The quantitative estimate of drug-likeness (QED) is 0.223. The summed E-state index contributed by atoms with van der Waals surface area (Å²) in [5.74, 6) is -2.31.